The molecule has 8 nitrogen and oxygen atoms in total. The van der Waals surface area contributed by atoms with E-state index in [-0.39, 0.29) is 29.8 Å². The number of methoxy groups -OCH3 is 1. The molecule has 0 radical (unpaired) electrons. The van der Waals surface area contributed by atoms with Crippen LogP contribution in [0.1, 0.15) is 70.3 Å². The lowest BCUT2D eigenvalue weighted by Gasteiger charge is -2.44. The second kappa shape index (κ2) is 16.1. The van der Waals surface area contributed by atoms with Crippen LogP contribution in [0, 0.1) is 0 Å². The fourth-order valence-electron chi connectivity index (χ4n) is 6.17. The van der Waals surface area contributed by atoms with E-state index in [1.165, 1.54) is 29.6 Å². The lowest BCUT2D eigenvalue weighted by molar-refractivity contribution is -0.155. The van der Waals surface area contributed by atoms with Crippen molar-refractivity contribution >= 4 is 41.8 Å². The molecule has 9 heteroatoms. The van der Waals surface area contributed by atoms with Gasteiger partial charge in [0.05, 0.1) is 19.3 Å². The van der Waals surface area contributed by atoms with E-state index in [9.17, 15) is 14.7 Å². The molecule has 0 heterocycles. The second-order valence-corrected chi connectivity index (χ2v) is 19.1. The number of aromatic hydroxyl groups is 1. The van der Waals surface area contributed by atoms with E-state index >= 15 is 0 Å². The van der Waals surface area contributed by atoms with Crippen LogP contribution < -0.4 is 15.1 Å². The predicted octanol–water partition coefficient (Wildman–Crippen LogP) is 8.70. The summed E-state index contributed by atoms with van der Waals surface area (Å²) < 4.78 is 16.4. The molecule has 4 rings (SSSR count). The largest absolute Gasteiger partial charge is 0.508 e. The summed E-state index contributed by atoms with van der Waals surface area (Å²) in [5, 5.41) is 21.7. The molecule has 0 aliphatic carbocycles. The molecule has 0 aromatic heterocycles. The van der Waals surface area contributed by atoms with E-state index in [1.54, 1.807) is 12.1 Å². The van der Waals surface area contributed by atoms with Crippen LogP contribution in [-0.4, -0.2) is 44.4 Å². The molecule has 1 N–H and O–H groups in total. The Morgan fingerprint density at radius 2 is 1.37 bits per heavy atom. The summed E-state index contributed by atoms with van der Waals surface area (Å²) in [6.07, 6.45) is 1.37. The van der Waals surface area contributed by atoms with Gasteiger partial charge in [-0.05, 0) is 74.5 Å². The summed E-state index contributed by atoms with van der Waals surface area (Å²) in [5.74, 6) is -0.515. The van der Waals surface area contributed by atoms with Gasteiger partial charge in [-0.1, -0.05) is 97.9 Å². The standard InChI is InChI=1S/C40H48N2O6Si/c1-39(2,3)48-37(44)19-14-25-47-36-28-30(43)21-23-35(36)42-41-34-22-20-29(27-33(34)38(45)46-7)24-26-49(40(4,5)6,31-15-10-8-11-16-31)32-17-12-9-13-18-32/h8-13,15-18,20-23,27-28,43H,14,19,24-26H2,1-7H3. The highest BCUT2D eigenvalue weighted by Gasteiger charge is 2.46. The number of azo groups is 1. The minimum absolute atomic E-state index is 0.00147. The molecular formula is C40H48N2O6Si. The minimum Gasteiger partial charge on any atom is -0.508 e. The topological polar surface area (TPSA) is 107 Å². The zero-order valence-electron chi connectivity index (χ0n) is 29.7. The van der Waals surface area contributed by atoms with E-state index in [1.807, 2.05) is 32.9 Å². The van der Waals surface area contributed by atoms with Crippen molar-refractivity contribution in [1.29, 1.82) is 0 Å². The van der Waals surface area contributed by atoms with E-state index in [4.69, 9.17) is 14.2 Å². The summed E-state index contributed by atoms with van der Waals surface area (Å²) in [7, 11) is -0.969. The first-order valence-corrected chi connectivity index (χ1v) is 18.9. The number of nitrogens with zero attached hydrogens (tertiary/aromatic N) is 2. The van der Waals surface area contributed by atoms with Crippen molar-refractivity contribution in [3.63, 3.8) is 0 Å². The number of benzene rings is 4. The molecule has 258 valence electrons. The Hall–Kier alpha value is -4.76. The van der Waals surface area contributed by atoms with Crippen molar-refractivity contribution in [3.8, 4) is 11.5 Å². The predicted molar refractivity (Wildman–Crippen MR) is 197 cm³/mol. The summed E-state index contributed by atoms with van der Waals surface area (Å²) in [4.78, 5) is 25.1. The molecule has 0 atom stereocenters. The molecule has 0 aliphatic rings. The molecule has 4 aromatic carbocycles. The molecule has 0 aliphatic heterocycles. The van der Waals surface area contributed by atoms with Crippen molar-refractivity contribution in [1.82, 2.24) is 0 Å². The van der Waals surface area contributed by atoms with Gasteiger partial charge in [-0.15, -0.1) is 10.2 Å². The summed E-state index contributed by atoms with van der Waals surface area (Å²) in [6.45, 7) is 12.7. The third-order valence-corrected chi connectivity index (χ3v) is 14.7. The fraction of sp³-hybridized carbons (Fsp3) is 0.350. The van der Waals surface area contributed by atoms with Crippen molar-refractivity contribution in [2.75, 3.05) is 13.7 Å². The first-order valence-electron chi connectivity index (χ1n) is 16.7. The Morgan fingerprint density at radius 3 is 1.94 bits per heavy atom. The minimum atomic E-state index is -2.32. The Bertz CT molecular complexity index is 1710. The van der Waals surface area contributed by atoms with Crippen LogP contribution >= 0.6 is 0 Å². The van der Waals surface area contributed by atoms with Gasteiger partial charge in [0.15, 0.2) is 0 Å². The van der Waals surface area contributed by atoms with Crippen LogP contribution in [0.4, 0.5) is 11.4 Å². The first kappa shape index (κ1) is 37.1. The average molecular weight is 681 g/mol. The van der Waals surface area contributed by atoms with Crippen molar-refractivity contribution < 1.29 is 28.9 Å². The van der Waals surface area contributed by atoms with E-state index in [0.29, 0.717) is 29.1 Å². The highest BCUT2D eigenvalue weighted by molar-refractivity contribution is 7.04. The first-order chi connectivity index (χ1) is 23.2. The van der Waals surface area contributed by atoms with Gasteiger partial charge in [-0.3, -0.25) is 4.79 Å². The van der Waals surface area contributed by atoms with Gasteiger partial charge in [-0.25, -0.2) is 4.79 Å². The van der Waals surface area contributed by atoms with Crippen LogP contribution in [0.2, 0.25) is 11.1 Å². The smallest absolute Gasteiger partial charge is 0.340 e. The molecule has 49 heavy (non-hydrogen) atoms. The molecule has 0 spiro atoms. The van der Waals surface area contributed by atoms with Crippen molar-refractivity contribution in [2.24, 2.45) is 10.2 Å². The molecule has 0 bridgehead atoms. The molecule has 0 amide bonds. The third kappa shape index (κ3) is 9.66. The number of carbonyl (C=O) groups is 2. The quantitative estimate of drug-likeness (QED) is 0.0655. The van der Waals surface area contributed by atoms with Gasteiger partial charge in [0.1, 0.15) is 36.5 Å². The third-order valence-electron chi connectivity index (χ3n) is 8.48. The summed E-state index contributed by atoms with van der Waals surface area (Å²) in [5.41, 5.74) is 1.48. The normalized spacial score (nSPS) is 12.1. The average Bonchev–Trinajstić information content (AvgIpc) is 3.06. The second-order valence-electron chi connectivity index (χ2n) is 14.1. The van der Waals surface area contributed by atoms with Crippen molar-refractivity contribution in [3.05, 3.63) is 108 Å². The lowest BCUT2D eigenvalue weighted by Crippen LogP contribution is -2.64. The highest BCUT2D eigenvalue weighted by Crippen LogP contribution is 2.40. The number of rotatable bonds is 13. The maximum absolute atomic E-state index is 13.0. The number of hydrogen-bond acceptors (Lipinski definition) is 8. The van der Waals surface area contributed by atoms with Gasteiger partial charge >= 0.3 is 11.9 Å². The number of hydrogen-bond donors (Lipinski definition) is 1. The van der Waals surface area contributed by atoms with E-state index in [2.05, 4.69) is 91.7 Å². The van der Waals surface area contributed by atoms with Gasteiger partial charge in [0.2, 0.25) is 0 Å². The molecular weight excluding hydrogens is 633 g/mol. The molecule has 0 saturated carbocycles. The van der Waals surface area contributed by atoms with E-state index in [0.717, 1.165) is 18.0 Å². The number of ether oxygens (including phenoxy) is 3. The summed E-state index contributed by atoms with van der Waals surface area (Å²) >= 11 is 0. The number of aryl methyl sites for hydroxylation is 1. The number of phenolic OH excluding ortho intramolecular Hbond substituents is 1. The van der Waals surface area contributed by atoms with Gasteiger partial charge in [0, 0.05) is 12.5 Å². The maximum atomic E-state index is 13.0. The van der Waals surface area contributed by atoms with Crippen LogP contribution in [0.3, 0.4) is 0 Å². The Balaban J connectivity index is 1.59. The Labute approximate surface area is 291 Å². The van der Waals surface area contributed by atoms with Crippen LogP contribution in [0.25, 0.3) is 0 Å². The van der Waals surface area contributed by atoms with Crippen LogP contribution in [0.15, 0.2) is 107 Å². The molecule has 0 unspecified atom stereocenters. The maximum Gasteiger partial charge on any atom is 0.340 e. The SMILES string of the molecule is COC(=O)c1cc(CC[Si](c2ccccc2)(c2ccccc2)C(C)(C)C)ccc1N=Nc1ccc(O)cc1OCCCC(=O)OC(C)(C)C. The molecule has 0 saturated heterocycles. The van der Waals surface area contributed by atoms with Gasteiger partial charge in [0.25, 0.3) is 0 Å². The van der Waals surface area contributed by atoms with Gasteiger partial charge < -0.3 is 19.3 Å². The number of esters is 2. The van der Waals surface area contributed by atoms with E-state index < -0.39 is 19.6 Å². The number of phenols is 1. The van der Waals surface area contributed by atoms with Gasteiger partial charge in [-0.2, -0.15) is 0 Å². The van der Waals surface area contributed by atoms with Crippen molar-refractivity contribution in [2.45, 2.75) is 77.5 Å². The fourth-order valence-corrected chi connectivity index (χ4v) is 11.8. The highest BCUT2D eigenvalue weighted by atomic mass is 28.3. The molecule has 4 aromatic rings. The zero-order chi connectivity index (χ0) is 35.7. The zero-order valence-corrected chi connectivity index (χ0v) is 30.7. The van der Waals surface area contributed by atoms with Crippen LogP contribution in [-0.2, 0) is 20.7 Å². The number of carbonyl (C=O) groups excluding carboxylic acids is 2. The van der Waals surface area contributed by atoms with Crippen LogP contribution in [0.5, 0.6) is 11.5 Å². The molecule has 0 fully saturated rings. The summed E-state index contributed by atoms with van der Waals surface area (Å²) in [6, 6.07) is 32.7. The monoisotopic (exact) mass is 680 g/mol. The Kier molecular flexibility index (Phi) is 12.2. The Morgan fingerprint density at radius 1 is 0.776 bits per heavy atom. The lowest BCUT2D eigenvalue weighted by atomic mass is 10.1.